The first kappa shape index (κ1) is 21.1. The molecule has 1 fully saturated rings. The van der Waals surface area contributed by atoms with E-state index in [9.17, 15) is 18.8 Å². The minimum Gasteiger partial charge on any atom is -0.497 e. The van der Waals surface area contributed by atoms with Crippen LogP contribution in [0.15, 0.2) is 36.4 Å². The van der Waals surface area contributed by atoms with Gasteiger partial charge in [-0.2, -0.15) is 0 Å². The van der Waals surface area contributed by atoms with Crippen LogP contribution in [0.25, 0.3) is 0 Å². The van der Waals surface area contributed by atoms with Crippen molar-refractivity contribution in [2.45, 2.75) is 6.42 Å². The van der Waals surface area contributed by atoms with Crippen LogP contribution >= 0.6 is 0 Å². The maximum Gasteiger partial charge on any atom is 0.340 e. The van der Waals surface area contributed by atoms with E-state index in [4.69, 9.17) is 9.47 Å². The maximum atomic E-state index is 14.3. The maximum absolute atomic E-state index is 14.3. The van der Waals surface area contributed by atoms with Crippen LogP contribution in [0.1, 0.15) is 16.8 Å². The summed E-state index contributed by atoms with van der Waals surface area (Å²) in [6, 6.07) is 8.81. The second kappa shape index (κ2) is 8.81. The number of anilines is 2. The molecule has 0 bridgehead atoms. The molecule has 1 saturated heterocycles. The summed E-state index contributed by atoms with van der Waals surface area (Å²) < 4.78 is 29.4. The van der Waals surface area contributed by atoms with E-state index in [1.807, 2.05) is 0 Å². The van der Waals surface area contributed by atoms with Crippen molar-refractivity contribution >= 4 is 29.2 Å². The summed E-state index contributed by atoms with van der Waals surface area (Å²) in [5.41, 5.74) is 0.0824. The largest absolute Gasteiger partial charge is 0.497 e. The highest BCUT2D eigenvalue weighted by Gasteiger charge is 2.37. The van der Waals surface area contributed by atoms with Gasteiger partial charge in [0.1, 0.15) is 17.3 Å². The third-order valence-corrected chi connectivity index (χ3v) is 4.84. The highest BCUT2D eigenvalue weighted by Crippen LogP contribution is 2.36. The molecule has 1 heterocycles. The van der Waals surface area contributed by atoms with Crippen LogP contribution in [0.5, 0.6) is 11.5 Å². The minimum atomic E-state index is -0.782. The lowest BCUT2D eigenvalue weighted by molar-refractivity contribution is -0.122. The third-order valence-electron chi connectivity index (χ3n) is 4.84. The lowest BCUT2D eigenvalue weighted by Crippen LogP contribution is -2.29. The van der Waals surface area contributed by atoms with E-state index >= 15 is 0 Å². The SMILES string of the molecule is COC(=O)c1cccc(F)c1NC(=O)C1CC(=O)N(c2cc(OC)ccc2OC)C1. The van der Waals surface area contributed by atoms with E-state index < -0.39 is 23.6 Å². The summed E-state index contributed by atoms with van der Waals surface area (Å²) in [6.45, 7) is 0.0657. The molecule has 1 unspecified atom stereocenters. The van der Waals surface area contributed by atoms with Gasteiger partial charge in [-0.25, -0.2) is 9.18 Å². The van der Waals surface area contributed by atoms with Crippen LogP contribution in [0.3, 0.4) is 0 Å². The van der Waals surface area contributed by atoms with Gasteiger partial charge in [-0.3, -0.25) is 9.59 Å². The highest BCUT2D eigenvalue weighted by molar-refractivity contribution is 6.06. The lowest BCUT2D eigenvalue weighted by atomic mass is 10.1. The fourth-order valence-corrected chi connectivity index (χ4v) is 3.28. The number of methoxy groups -OCH3 is 3. The highest BCUT2D eigenvalue weighted by atomic mass is 19.1. The summed E-state index contributed by atoms with van der Waals surface area (Å²) in [4.78, 5) is 38.7. The molecule has 0 aliphatic carbocycles. The number of carbonyl (C=O) groups excluding carboxylic acids is 3. The molecule has 30 heavy (non-hydrogen) atoms. The summed E-state index contributed by atoms with van der Waals surface area (Å²) in [6.07, 6.45) is -0.0752. The van der Waals surface area contributed by atoms with E-state index in [1.165, 1.54) is 31.3 Å². The normalized spacial score (nSPS) is 15.7. The second-order valence-electron chi connectivity index (χ2n) is 6.59. The molecule has 2 amide bonds. The molecule has 158 valence electrons. The predicted molar refractivity (Wildman–Crippen MR) is 106 cm³/mol. The van der Waals surface area contributed by atoms with Gasteiger partial charge in [0.15, 0.2) is 0 Å². The molecule has 2 aromatic rings. The summed E-state index contributed by atoms with van der Waals surface area (Å²) in [7, 11) is 4.14. The fraction of sp³-hybridized carbons (Fsp3) is 0.286. The zero-order chi connectivity index (χ0) is 21.8. The molecular weight excluding hydrogens is 395 g/mol. The topological polar surface area (TPSA) is 94.2 Å². The van der Waals surface area contributed by atoms with Crippen LogP contribution in [0.2, 0.25) is 0 Å². The standard InChI is InChI=1S/C21H21FN2O6/c1-28-13-7-8-17(29-2)16(10-13)24-11-12(9-18(24)25)20(26)23-19-14(21(27)30-3)5-4-6-15(19)22/h4-8,10,12H,9,11H2,1-3H3,(H,23,26). The van der Waals surface area contributed by atoms with Crippen molar-refractivity contribution in [1.82, 2.24) is 0 Å². The molecule has 0 spiro atoms. The van der Waals surface area contributed by atoms with Crippen LogP contribution in [0, 0.1) is 11.7 Å². The van der Waals surface area contributed by atoms with Gasteiger partial charge < -0.3 is 24.4 Å². The molecule has 3 rings (SSSR count). The zero-order valence-corrected chi connectivity index (χ0v) is 16.7. The Balaban J connectivity index is 1.83. The number of esters is 1. The first-order chi connectivity index (χ1) is 14.4. The summed E-state index contributed by atoms with van der Waals surface area (Å²) >= 11 is 0. The number of halogens is 1. The van der Waals surface area contributed by atoms with Gasteiger partial charge in [0, 0.05) is 19.0 Å². The number of carbonyl (C=O) groups is 3. The Kier molecular flexibility index (Phi) is 6.20. The number of nitrogens with one attached hydrogen (secondary N) is 1. The van der Waals surface area contributed by atoms with Crippen LogP contribution < -0.4 is 19.7 Å². The quantitative estimate of drug-likeness (QED) is 0.728. The average Bonchev–Trinajstić information content (AvgIpc) is 3.15. The van der Waals surface area contributed by atoms with Gasteiger partial charge in [0.2, 0.25) is 11.8 Å². The molecule has 2 aromatic carbocycles. The van der Waals surface area contributed by atoms with Crippen LogP contribution in [-0.4, -0.2) is 45.7 Å². The fourth-order valence-electron chi connectivity index (χ4n) is 3.28. The molecule has 1 N–H and O–H groups in total. The van der Waals surface area contributed by atoms with Gasteiger partial charge in [-0.1, -0.05) is 6.07 Å². The molecule has 8 nitrogen and oxygen atoms in total. The van der Waals surface area contributed by atoms with Crippen molar-refractivity contribution in [3.8, 4) is 11.5 Å². The van der Waals surface area contributed by atoms with Gasteiger partial charge in [-0.15, -0.1) is 0 Å². The first-order valence-electron chi connectivity index (χ1n) is 9.09. The molecule has 0 saturated carbocycles. The van der Waals surface area contributed by atoms with E-state index in [0.29, 0.717) is 17.2 Å². The molecule has 0 aromatic heterocycles. The Bertz CT molecular complexity index is 993. The summed E-state index contributed by atoms with van der Waals surface area (Å²) in [5, 5.41) is 2.43. The average molecular weight is 416 g/mol. The van der Waals surface area contributed by atoms with Gasteiger partial charge in [-0.05, 0) is 24.3 Å². The van der Waals surface area contributed by atoms with Crippen LogP contribution in [-0.2, 0) is 14.3 Å². The van der Waals surface area contributed by atoms with Crippen LogP contribution in [0.4, 0.5) is 15.8 Å². The first-order valence-corrected chi connectivity index (χ1v) is 9.09. The van der Waals surface area contributed by atoms with E-state index in [0.717, 1.165) is 13.2 Å². The predicted octanol–water partition coefficient (Wildman–Crippen LogP) is 2.62. The molecule has 1 aliphatic rings. The Morgan fingerprint density at radius 3 is 2.57 bits per heavy atom. The molecule has 9 heteroatoms. The van der Waals surface area contributed by atoms with Crippen molar-refractivity contribution in [3.63, 3.8) is 0 Å². The van der Waals surface area contributed by atoms with Crippen molar-refractivity contribution in [3.05, 3.63) is 47.8 Å². The molecule has 1 atom stereocenters. The van der Waals surface area contributed by atoms with Gasteiger partial charge in [0.25, 0.3) is 0 Å². The van der Waals surface area contributed by atoms with E-state index in [-0.39, 0.29) is 30.1 Å². The summed E-state index contributed by atoms with van der Waals surface area (Å²) in [5.74, 6) is -2.20. The third kappa shape index (κ3) is 4.05. The Labute approximate surface area is 172 Å². The smallest absolute Gasteiger partial charge is 0.340 e. The zero-order valence-electron chi connectivity index (χ0n) is 16.7. The van der Waals surface area contributed by atoms with Crippen molar-refractivity contribution in [2.75, 3.05) is 38.1 Å². The molecule has 1 aliphatic heterocycles. The number of nitrogens with zero attached hydrogens (tertiary/aromatic N) is 1. The number of para-hydroxylation sites is 1. The van der Waals surface area contributed by atoms with Gasteiger partial charge in [0.05, 0.1) is 44.2 Å². The van der Waals surface area contributed by atoms with Gasteiger partial charge >= 0.3 is 5.97 Å². The minimum absolute atomic E-state index is 0.0657. The van der Waals surface area contributed by atoms with E-state index in [1.54, 1.807) is 18.2 Å². The molecule has 0 radical (unpaired) electrons. The molecular formula is C21H21FN2O6. The number of hydrogen-bond donors (Lipinski definition) is 1. The monoisotopic (exact) mass is 416 g/mol. The van der Waals surface area contributed by atoms with E-state index in [2.05, 4.69) is 10.1 Å². The Hall–Kier alpha value is -3.62. The van der Waals surface area contributed by atoms with Crippen molar-refractivity contribution in [1.29, 1.82) is 0 Å². The lowest BCUT2D eigenvalue weighted by Gasteiger charge is -2.20. The Morgan fingerprint density at radius 2 is 1.90 bits per heavy atom. The van der Waals surface area contributed by atoms with Crippen molar-refractivity contribution in [2.24, 2.45) is 5.92 Å². The Morgan fingerprint density at radius 1 is 1.13 bits per heavy atom. The number of benzene rings is 2. The van der Waals surface area contributed by atoms with Crippen molar-refractivity contribution < 1.29 is 33.0 Å². The number of rotatable bonds is 6. The second-order valence-corrected chi connectivity index (χ2v) is 6.59. The number of hydrogen-bond acceptors (Lipinski definition) is 6. The number of ether oxygens (including phenoxy) is 3. The number of amides is 2.